The summed E-state index contributed by atoms with van der Waals surface area (Å²) in [5.74, 6) is 1.32. The van der Waals surface area contributed by atoms with Gasteiger partial charge in [0.25, 0.3) is 5.91 Å². The van der Waals surface area contributed by atoms with Crippen LogP contribution in [0.15, 0.2) is 24.5 Å². The Labute approximate surface area is 209 Å². The number of carbonyl (C=O) groups excluding carboxylic acids is 1. The van der Waals surface area contributed by atoms with E-state index in [1.54, 1.807) is 7.11 Å². The van der Waals surface area contributed by atoms with Crippen molar-refractivity contribution in [2.45, 2.75) is 32.6 Å². The zero-order valence-corrected chi connectivity index (χ0v) is 21.5. The van der Waals surface area contributed by atoms with E-state index >= 15 is 0 Å². The number of ether oxygens (including phenoxy) is 3. The number of hydrogen-bond donors (Lipinski definition) is 2. The monoisotopic (exact) mass is 499 g/mol. The highest BCUT2D eigenvalue weighted by Crippen LogP contribution is 2.39. The number of methoxy groups -OCH3 is 1. The zero-order valence-electron chi connectivity index (χ0n) is 20.7. The fourth-order valence-corrected chi connectivity index (χ4v) is 4.92. The SMILES string of the molecule is COc1cc2c(Nc3cc(C(C)(C)C)sc3C(N)=O)ncnc2cc1OCCCN1CCOCC1. The Balaban J connectivity index is 1.55. The molecule has 1 aliphatic rings. The average Bonchev–Trinajstić information content (AvgIpc) is 3.27. The van der Waals surface area contributed by atoms with Crippen LogP contribution in [0.3, 0.4) is 0 Å². The third-order valence-corrected chi connectivity index (χ3v) is 7.42. The number of nitrogens with one attached hydrogen (secondary N) is 1. The molecule has 1 saturated heterocycles. The predicted octanol–water partition coefficient (Wildman–Crippen LogP) is 3.94. The van der Waals surface area contributed by atoms with Gasteiger partial charge in [-0.25, -0.2) is 9.97 Å². The molecule has 188 valence electrons. The fourth-order valence-electron chi connectivity index (χ4n) is 3.90. The van der Waals surface area contributed by atoms with Gasteiger partial charge in [-0.2, -0.15) is 0 Å². The van der Waals surface area contributed by atoms with Gasteiger partial charge in [-0.3, -0.25) is 9.69 Å². The van der Waals surface area contributed by atoms with Crippen LogP contribution in [0.25, 0.3) is 10.9 Å². The smallest absolute Gasteiger partial charge is 0.260 e. The summed E-state index contributed by atoms with van der Waals surface area (Å²) in [4.78, 5) is 24.9. The number of nitrogens with two attached hydrogens (primary N) is 1. The number of benzene rings is 1. The van der Waals surface area contributed by atoms with E-state index in [0.29, 0.717) is 40.0 Å². The topological polar surface area (TPSA) is 112 Å². The second-order valence-electron chi connectivity index (χ2n) is 9.49. The molecule has 0 spiro atoms. The van der Waals surface area contributed by atoms with Crippen LogP contribution in [-0.4, -0.2) is 67.3 Å². The van der Waals surface area contributed by atoms with Crippen molar-refractivity contribution in [1.29, 1.82) is 0 Å². The van der Waals surface area contributed by atoms with Gasteiger partial charge in [-0.05, 0) is 24.0 Å². The van der Waals surface area contributed by atoms with Gasteiger partial charge in [-0.15, -0.1) is 11.3 Å². The summed E-state index contributed by atoms with van der Waals surface area (Å²) in [5, 5.41) is 4.05. The molecular weight excluding hydrogens is 466 g/mol. The second-order valence-corrected chi connectivity index (χ2v) is 10.5. The number of thiophene rings is 1. The van der Waals surface area contributed by atoms with Gasteiger partial charge in [0.1, 0.15) is 17.0 Å². The number of nitrogens with zero attached hydrogens (tertiary/aromatic N) is 3. The minimum absolute atomic E-state index is 0.111. The molecule has 3 aromatic rings. The van der Waals surface area contributed by atoms with E-state index in [0.717, 1.165) is 49.5 Å². The molecule has 10 heteroatoms. The molecular formula is C25H33N5O4S. The Hall–Kier alpha value is -2.95. The normalized spacial score (nSPS) is 14.7. The molecule has 0 bridgehead atoms. The molecule has 3 heterocycles. The summed E-state index contributed by atoms with van der Waals surface area (Å²) in [6, 6.07) is 5.68. The number of aromatic nitrogens is 2. The molecule has 1 aromatic carbocycles. The van der Waals surface area contributed by atoms with Crippen molar-refractivity contribution in [3.05, 3.63) is 34.3 Å². The van der Waals surface area contributed by atoms with Crippen LogP contribution >= 0.6 is 11.3 Å². The summed E-state index contributed by atoms with van der Waals surface area (Å²) in [6.45, 7) is 11.3. The molecule has 0 radical (unpaired) electrons. The number of amides is 1. The van der Waals surface area contributed by atoms with Crippen LogP contribution in [-0.2, 0) is 10.2 Å². The molecule has 1 amide bonds. The van der Waals surface area contributed by atoms with Crippen LogP contribution in [0.1, 0.15) is 41.7 Å². The van der Waals surface area contributed by atoms with Crippen molar-refractivity contribution < 1.29 is 19.0 Å². The molecule has 4 rings (SSSR count). The van der Waals surface area contributed by atoms with Crippen molar-refractivity contribution in [3.63, 3.8) is 0 Å². The van der Waals surface area contributed by atoms with E-state index in [-0.39, 0.29) is 5.41 Å². The third kappa shape index (κ3) is 6.01. The Kier molecular flexibility index (Phi) is 7.73. The number of rotatable bonds is 9. The maximum Gasteiger partial charge on any atom is 0.260 e. The van der Waals surface area contributed by atoms with E-state index in [1.807, 2.05) is 18.2 Å². The van der Waals surface area contributed by atoms with Gasteiger partial charge in [0.05, 0.1) is 38.1 Å². The molecule has 2 aromatic heterocycles. The van der Waals surface area contributed by atoms with Crippen molar-refractivity contribution in [1.82, 2.24) is 14.9 Å². The number of fused-ring (bicyclic) bond motifs is 1. The highest BCUT2D eigenvalue weighted by Gasteiger charge is 2.23. The molecule has 9 nitrogen and oxygen atoms in total. The van der Waals surface area contributed by atoms with Crippen LogP contribution in [0.4, 0.5) is 11.5 Å². The minimum Gasteiger partial charge on any atom is -0.493 e. The average molecular weight is 500 g/mol. The first-order chi connectivity index (χ1) is 16.8. The lowest BCUT2D eigenvalue weighted by Gasteiger charge is -2.26. The highest BCUT2D eigenvalue weighted by atomic mass is 32.1. The van der Waals surface area contributed by atoms with E-state index in [9.17, 15) is 4.79 Å². The Morgan fingerprint density at radius 2 is 1.97 bits per heavy atom. The number of primary amides is 1. The van der Waals surface area contributed by atoms with Gasteiger partial charge >= 0.3 is 0 Å². The quantitative estimate of drug-likeness (QED) is 0.426. The van der Waals surface area contributed by atoms with Crippen LogP contribution in [0.2, 0.25) is 0 Å². The van der Waals surface area contributed by atoms with Crippen molar-refractivity contribution in [3.8, 4) is 11.5 Å². The van der Waals surface area contributed by atoms with E-state index in [4.69, 9.17) is 19.9 Å². The number of hydrogen-bond acceptors (Lipinski definition) is 9. The van der Waals surface area contributed by atoms with E-state index in [1.165, 1.54) is 17.7 Å². The Bertz CT molecular complexity index is 1180. The molecule has 1 fully saturated rings. The maximum absolute atomic E-state index is 12.1. The first kappa shape index (κ1) is 25.2. The second kappa shape index (κ2) is 10.8. The van der Waals surface area contributed by atoms with Crippen LogP contribution in [0, 0.1) is 0 Å². The number of carbonyl (C=O) groups is 1. The molecule has 35 heavy (non-hydrogen) atoms. The minimum atomic E-state index is -0.475. The van der Waals surface area contributed by atoms with E-state index < -0.39 is 5.91 Å². The number of morpholine rings is 1. The van der Waals surface area contributed by atoms with Gasteiger partial charge in [0, 0.05) is 36.0 Å². The highest BCUT2D eigenvalue weighted by molar-refractivity contribution is 7.14. The third-order valence-electron chi connectivity index (χ3n) is 5.85. The molecule has 3 N–H and O–H groups in total. The van der Waals surface area contributed by atoms with Crippen LogP contribution in [0.5, 0.6) is 11.5 Å². The summed E-state index contributed by atoms with van der Waals surface area (Å²) in [6.07, 6.45) is 2.39. The lowest BCUT2D eigenvalue weighted by atomic mass is 9.94. The van der Waals surface area contributed by atoms with Gasteiger partial charge in [0.2, 0.25) is 0 Å². The maximum atomic E-state index is 12.1. The largest absolute Gasteiger partial charge is 0.493 e. The van der Waals surface area contributed by atoms with Crippen molar-refractivity contribution >= 4 is 39.7 Å². The Morgan fingerprint density at radius 3 is 2.66 bits per heavy atom. The van der Waals surface area contributed by atoms with Gasteiger partial charge in [-0.1, -0.05) is 20.8 Å². The molecule has 1 aliphatic heterocycles. The standard InChI is InChI=1S/C25H33N5O4S/c1-25(2,3)21-14-18(22(35-21)23(26)31)29-24-16-12-19(32-4)20(13-17(16)27-15-28-24)34-9-5-6-30-7-10-33-11-8-30/h12-15H,5-11H2,1-4H3,(H2,26,31)(H,27,28,29). The van der Waals surface area contributed by atoms with Gasteiger partial charge < -0.3 is 25.3 Å². The summed E-state index contributed by atoms with van der Waals surface area (Å²) >= 11 is 1.40. The summed E-state index contributed by atoms with van der Waals surface area (Å²) < 4.78 is 17.1. The Morgan fingerprint density at radius 1 is 1.20 bits per heavy atom. The lowest BCUT2D eigenvalue weighted by molar-refractivity contribution is 0.0357. The lowest BCUT2D eigenvalue weighted by Crippen LogP contribution is -2.37. The first-order valence-corrected chi connectivity index (χ1v) is 12.5. The van der Waals surface area contributed by atoms with Crippen LogP contribution < -0.4 is 20.5 Å². The molecule has 0 unspecified atom stereocenters. The molecule has 0 saturated carbocycles. The molecule has 0 atom stereocenters. The fraction of sp³-hybridized carbons (Fsp3) is 0.480. The van der Waals surface area contributed by atoms with Gasteiger partial charge in [0.15, 0.2) is 11.5 Å². The number of anilines is 2. The predicted molar refractivity (Wildman–Crippen MR) is 138 cm³/mol. The van der Waals surface area contributed by atoms with E-state index in [2.05, 4.69) is 41.0 Å². The zero-order chi connectivity index (χ0) is 25.0. The molecule has 0 aliphatic carbocycles. The van der Waals surface area contributed by atoms with Crippen molar-refractivity contribution in [2.75, 3.05) is 51.9 Å². The summed E-state index contributed by atoms with van der Waals surface area (Å²) in [5.41, 5.74) is 6.89. The van der Waals surface area contributed by atoms with Crippen molar-refractivity contribution in [2.24, 2.45) is 5.73 Å². The summed E-state index contributed by atoms with van der Waals surface area (Å²) in [7, 11) is 1.61. The first-order valence-electron chi connectivity index (χ1n) is 11.7.